The number of Topliss-reactive ketones (excluding diaryl/α,β-unsaturated/α-hetero) is 1. The Labute approximate surface area is 208 Å². The number of β-amino-alcohol motifs (C(OH)–C–C–N with tert-alkyl or cyclic N) is 1. The number of alkyl halides is 3. The highest BCUT2D eigenvalue weighted by Gasteiger charge is 2.31. The Morgan fingerprint density at radius 1 is 1.19 bits per heavy atom. The number of carbonyl (C=O) groups is 1. The summed E-state index contributed by atoms with van der Waals surface area (Å²) in [5, 5.41) is 11.5. The monoisotopic (exact) mass is 503 g/mol. The fourth-order valence-corrected chi connectivity index (χ4v) is 4.83. The Morgan fingerprint density at radius 2 is 1.92 bits per heavy atom. The molecule has 1 unspecified atom stereocenters. The van der Waals surface area contributed by atoms with Crippen LogP contribution >= 0.6 is 0 Å². The van der Waals surface area contributed by atoms with Crippen LogP contribution in [0.15, 0.2) is 42.9 Å². The maximum Gasteiger partial charge on any atom is 0.416 e. The molecule has 0 spiro atoms. The lowest BCUT2D eigenvalue weighted by molar-refractivity contribution is -0.137. The third-order valence-corrected chi connectivity index (χ3v) is 6.75. The number of fused-ring (bicyclic) bond motifs is 1. The second kappa shape index (κ2) is 10.6. The minimum absolute atomic E-state index is 0.0376. The molecular formula is C26H32F3N5O2. The molecule has 0 amide bonds. The fraction of sp³-hybridized carbons (Fsp3) is 0.500. The van der Waals surface area contributed by atoms with E-state index in [-0.39, 0.29) is 17.7 Å². The van der Waals surface area contributed by atoms with Crippen molar-refractivity contribution in [2.24, 2.45) is 5.92 Å². The minimum Gasteiger partial charge on any atom is -0.391 e. The lowest BCUT2D eigenvalue weighted by atomic mass is 9.93. The summed E-state index contributed by atoms with van der Waals surface area (Å²) in [5.41, 5.74) is 0.831. The molecule has 3 aromatic rings. The number of anilines is 1. The molecule has 194 valence electrons. The quantitative estimate of drug-likeness (QED) is 0.498. The number of hydrogen-bond donors (Lipinski definition) is 1. The topological polar surface area (TPSA) is 74.5 Å². The van der Waals surface area contributed by atoms with Crippen LogP contribution in [0.5, 0.6) is 0 Å². The Morgan fingerprint density at radius 3 is 2.53 bits per heavy atom. The molecule has 0 bridgehead atoms. The molecule has 4 rings (SSSR count). The summed E-state index contributed by atoms with van der Waals surface area (Å²) in [6.07, 6.45) is -0.687. The van der Waals surface area contributed by atoms with Crippen molar-refractivity contribution in [2.45, 2.75) is 58.6 Å². The van der Waals surface area contributed by atoms with Gasteiger partial charge >= 0.3 is 6.18 Å². The van der Waals surface area contributed by atoms with E-state index in [1.807, 2.05) is 40.5 Å². The Balaban J connectivity index is 1.54. The van der Waals surface area contributed by atoms with Crippen LogP contribution in [-0.4, -0.2) is 62.1 Å². The van der Waals surface area contributed by atoms with Crippen molar-refractivity contribution in [3.63, 3.8) is 0 Å². The number of ketones is 1. The van der Waals surface area contributed by atoms with E-state index < -0.39 is 17.8 Å². The van der Waals surface area contributed by atoms with Crippen LogP contribution in [-0.2, 0) is 24.1 Å². The number of aliphatic hydroxyl groups excluding tert-OH is 1. The van der Waals surface area contributed by atoms with Crippen molar-refractivity contribution in [1.82, 2.24) is 19.4 Å². The molecule has 36 heavy (non-hydrogen) atoms. The highest BCUT2D eigenvalue weighted by Crippen LogP contribution is 2.31. The van der Waals surface area contributed by atoms with Crippen LogP contribution in [0, 0.1) is 5.92 Å². The SMILES string of the molecule is CC(=O)CN1CCC(Cn2ccc3c(N(Cc4ccc(C(F)(F)F)cc4)C(C)C)ncnc32)[C@@H](O)C1. The van der Waals surface area contributed by atoms with Gasteiger partial charge in [-0.15, -0.1) is 0 Å². The van der Waals surface area contributed by atoms with Crippen LogP contribution in [0.4, 0.5) is 19.0 Å². The maximum atomic E-state index is 13.0. The number of carbonyl (C=O) groups excluding carboxylic acids is 1. The molecule has 7 nitrogen and oxygen atoms in total. The van der Waals surface area contributed by atoms with Gasteiger partial charge in [-0.1, -0.05) is 12.1 Å². The van der Waals surface area contributed by atoms with Gasteiger partial charge in [-0.05, 0) is 57.5 Å². The third-order valence-electron chi connectivity index (χ3n) is 6.75. The molecular weight excluding hydrogens is 471 g/mol. The molecule has 3 heterocycles. The molecule has 2 aromatic heterocycles. The van der Waals surface area contributed by atoms with Gasteiger partial charge in [0.15, 0.2) is 0 Å². The van der Waals surface area contributed by atoms with Crippen LogP contribution in [0.2, 0.25) is 0 Å². The van der Waals surface area contributed by atoms with Gasteiger partial charge in [-0.3, -0.25) is 9.69 Å². The summed E-state index contributed by atoms with van der Waals surface area (Å²) < 4.78 is 40.9. The number of aliphatic hydroxyl groups is 1. The maximum absolute atomic E-state index is 13.0. The van der Waals surface area contributed by atoms with Gasteiger partial charge in [-0.25, -0.2) is 9.97 Å². The molecule has 0 aliphatic carbocycles. The van der Waals surface area contributed by atoms with E-state index in [0.29, 0.717) is 32.0 Å². The fourth-order valence-electron chi connectivity index (χ4n) is 4.83. The Hall–Kier alpha value is -2.98. The number of aromatic nitrogens is 3. The Bertz CT molecular complexity index is 1190. The average molecular weight is 504 g/mol. The molecule has 2 atom stereocenters. The predicted octanol–water partition coefficient (Wildman–Crippen LogP) is 4.14. The Kier molecular flexibility index (Phi) is 7.65. The number of likely N-dealkylation sites (tertiary alicyclic amines) is 1. The summed E-state index contributed by atoms with van der Waals surface area (Å²) in [6, 6.07) is 7.20. The van der Waals surface area contributed by atoms with E-state index in [1.54, 1.807) is 6.92 Å². The van der Waals surface area contributed by atoms with Crippen molar-refractivity contribution in [3.8, 4) is 0 Å². The first-order valence-electron chi connectivity index (χ1n) is 12.2. The van der Waals surface area contributed by atoms with Crippen LogP contribution in [0.25, 0.3) is 11.0 Å². The minimum atomic E-state index is -4.37. The predicted molar refractivity (Wildman–Crippen MR) is 132 cm³/mol. The number of halogens is 3. The van der Waals surface area contributed by atoms with Crippen molar-refractivity contribution >= 4 is 22.6 Å². The lowest BCUT2D eigenvalue weighted by Gasteiger charge is -2.35. The zero-order chi connectivity index (χ0) is 26.0. The van der Waals surface area contributed by atoms with Gasteiger partial charge in [0, 0.05) is 37.8 Å². The highest BCUT2D eigenvalue weighted by molar-refractivity contribution is 5.88. The van der Waals surface area contributed by atoms with E-state index in [0.717, 1.165) is 41.7 Å². The second-order valence-corrected chi connectivity index (χ2v) is 9.87. The van der Waals surface area contributed by atoms with Gasteiger partial charge in [0.25, 0.3) is 0 Å². The molecule has 10 heteroatoms. The van der Waals surface area contributed by atoms with Crippen LogP contribution < -0.4 is 4.90 Å². The van der Waals surface area contributed by atoms with E-state index in [4.69, 9.17) is 0 Å². The summed E-state index contributed by atoms with van der Waals surface area (Å²) in [5.74, 6) is 0.841. The van der Waals surface area contributed by atoms with Crippen molar-refractivity contribution in [3.05, 3.63) is 54.0 Å². The van der Waals surface area contributed by atoms with Crippen LogP contribution in [0.3, 0.4) is 0 Å². The van der Waals surface area contributed by atoms with Gasteiger partial charge in [-0.2, -0.15) is 13.2 Å². The van der Waals surface area contributed by atoms with Gasteiger partial charge in [0.2, 0.25) is 0 Å². The molecule has 0 saturated carbocycles. The molecule has 1 fully saturated rings. The number of rotatable bonds is 8. The zero-order valence-electron chi connectivity index (χ0n) is 20.7. The lowest BCUT2D eigenvalue weighted by Crippen LogP contribution is -2.46. The summed E-state index contributed by atoms with van der Waals surface area (Å²) in [6.45, 7) is 8.17. The molecule has 1 aliphatic heterocycles. The summed E-state index contributed by atoms with van der Waals surface area (Å²) >= 11 is 0. The van der Waals surface area contributed by atoms with E-state index in [9.17, 15) is 23.1 Å². The molecule has 1 aromatic carbocycles. The first-order chi connectivity index (χ1) is 17.0. The number of nitrogens with zero attached hydrogens (tertiary/aromatic N) is 5. The standard InChI is InChI=1S/C26H32F3N5O2/c1-17(2)34(13-19-4-6-21(7-5-19)26(27,28)29)25-22-9-11-33(24(22)30-16-31-25)14-20-8-10-32(12-18(3)35)15-23(20)36/h4-7,9,11,16-17,20,23,36H,8,10,12-15H2,1-3H3/t20?,23-/m0/s1. The number of piperidine rings is 1. The smallest absolute Gasteiger partial charge is 0.391 e. The first-order valence-corrected chi connectivity index (χ1v) is 12.2. The van der Waals surface area contributed by atoms with E-state index in [2.05, 4.69) is 9.97 Å². The first kappa shape index (κ1) is 26.1. The van der Waals surface area contributed by atoms with Gasteiger partial charge in [0.1, 0.15) is 23.6 Å². The van der Waals surface area contributed by atoms with E-state index in [1.165, 1.54) is 18.5 Å². The number of hydrogen-bond acceptors (Lipinski definition) is 6. The van der Waals surface area contributed by atoms with E-state index >= 15 is 0 Å². The molecule has 0 radical (unpaired) electrons. The van der Waals surface area contributed by atoms with Crippen molar-refractivity contribution < 1.29 is 23.1 Å². The molecule has 1 saturated heterocycles. The second-order valence-electron chi connectivity index (χ2n) is 9.87. The molecule has 1 aliphatic rings. The largest absolute Gasteiger partial charge is 0.416 e. The zero-order valence-corrected chi connectivity index (χ0v) is 20.7. The molecule has 1 N–H and O–H groups in total. The highest BCUT2D eigenvalue weighted by atomic mass is 19.4. The van der Waals surface area contributed by atoms with Gasteiger partial charge < -0.3 is 14.6 Å². The normalized spacial score (nSPS) is 19.2. The van der Waals surface area contributed by atoms with Crippen molar-refractivity contribution in [2.75, 3.05) is 24.5 Å². The summed E-state index contributed by atoms with van der Waals surface area (Å²) in [7, 11) is 0. The van der Waals surface area contributed by atoms with Crippen molar-refractivity contribution in [1.29, 1.82) is 0 Å². The third kappa shape index (κ3) is 5.87. The summed E-state index contributed by atoms with van der Waals surface area (Å²) in [4.78, 5) is 24.5. The number of benzene rings is 1. The average Bonchev–Trinajstić information content (AvgIpc) is 3.21. The van der Waals surface area contributed by atoms with Crippen LogP contribution in [0.1, 0.15) is 38.3 Å². The van der Waals surface area contributed by atoms with Gasteiger partial charge in [0.05, 0.1) is 23.6 Å².